The lowest BCUT2D eigenvalue weighted by Gasteiger charge is -2.51. The zero-order chi connectivity index (χ0) is 20.4. The van der Waals surface area contributed by atoms with E-state index in [1.54, 1.807) is 0 Å². The first-order valence-electron chi connectivity index (χ1n) is 8.25. The maximum Gasteiger partial charge on any atom is 0.333 e. The third-order valence-corrected chi connectivity index (χ3v) is 5.66. The third kappa shape index (κ3) is 3.85. The summed E-state index contributed by atoms with van der Waals surface area (Å²) in [6.07, 6.45) is 1.17. The maximum atomic E-state index is 12.7. The highest BCUT2D eigenvalue weighted by molar-refractivity contribution is 8.00. The summed E-state index contributed by atoms with van der Waals surface area (Å²) in [4.78, 5) is 47.4. The first kappa shape index (κ1) is 19.8. The molecule has 0 radical (unpaired) electrons. The van der Waals surface area contributed by atoms with Gasteiger partial charge in [0.1, 0.15) is 18.0 Å². The molecular weight excluding hydrogens is 390 g/mol. The minimum absolute atomic E-state index is 0.0750. The molecule has 2 aliphatic heterocycles. The second-order valence-corrected chi connectivity index (χ2v) is 7.31. The summed E-state index contributed by atoms with van der Waals surface area (Å²) >= 11 is 1.37. The highest BCUT2D eigenvalue weighted by atomic mass is 32.2. The number of carbonyl (C=O) groups excluding carboxylic acids is 3. The fourth-order valence-electron chi connectivity index (χ4n) is 2.88. The van der Waals surface area contributed by atoms with Crippen molar-refractivity contribution >= 4 is 35.3 Å². The summed E-state index contributed by atoms with van der Waals surface area (Å²) in [5, 5.41) is 10.3. The zero-order valence-corrected chi connectivity index (χ0v) is 15.6. The minimum atomic E-state index is -1.03. The minimum Gasteiger partial charge on any atom is -0.459 e. The number of fused-ring (bicyclic) bond motifs is 1. The van der Waals surface area contributed by atoms with Gasteiger partial charge < -0.3 is 20.1 Å². The number of thioether (sulfide) groups is 1. The molecule has 2 heterocycles. The Labute approximate surface area is 163 Å². The van der Waals surface area contributed by atoms with Gasteiger partial charge in [-0.3, -0.25) is 19.7 Å². The van der Waals surface area contributed by atoms with Crippen LogP contribution in [0.4, 0.5) is 5.69 Å². The molecule has 0 spiro atoms. The summed E-state index contributed by atoms with van der Waals surface area (Å²) < 4.78 is 10.2. The van der Waals surface area contributed by atoms with Crippen molar-refractivity contribution in [3.05, 3.63) is 51.8 Å². The topological polar surface area (TPSA) is 142 Å². The van der Waals surface area contributed by atoms with Gasteiger partial charge >= 0.3 is 11.9 Å². The molecule has 2 aliphatic rings. The molecule has 0 aliphatic carbocycles. The van der Waals surface area contributed by atoms with Crippen molar-refractivity contribution in [2.45, 2.75) is 31.0 Å². The summed E-state index contributed by atoms with van der Waals surface area (Å²) in [7, 11) is 0. The van der Waals surface area contributed by atoms with Crippen molar-refractivity contribution in [2.75, 3.05) is 5.75 Å². The Balaban J connectivity index is 1.73. The van der Waals surface area contributed by atoms with Crippen molar-refractivity contribution in [3.8, 4) is 0 Å². The molecule has 148 valence electrons. The number of nitrogens with two attached hydrogens (primary N) is 1. The van der Waals surface area contributed by atoms with Crippen LogP contribution >= 0.6 is 11.8 Å². The first-order valence-corrected chi connectivity index (χ1v) is 9.30. The van der Waals surface area contributed by atoms with Crippen molar-refractivity contribution in [1.29, 1.82) is 0 Å². The largest absolute Gasteiger partial charge is 0.459 e. The Hall–Kier alpha value is -2.92. The van der Waals surface area contributed by atoms with Gasteiger partial charge in [0.25, 0.3) is 5.69 Å². The van der Waals surface area contributed by atoms with Crippen LogP contribution < -0.4 is 5.73 Å². The number of β-lactam (4-membered cyclic amide) rings is 1. The number of ether oxygens (including phenoxy) is 2. The monoisotopic (exact) mass is 407 g/mol. The molecule has 28 heavy (non-hydrogen) atoms. The molecule has 1 aromatic carbocycles. The van der Waals surface area contributed by atoms with Gasteiger partial charge in [-0.15, -0.1) is 11.8 Å². The van der Waals surface area contributed by atoms with Crippen LogP contribution in [0.15, 0.2) is 36.1 Å². The molecule has 0 aromatic heterocycles. The molecular formula is C17H17N3O7S. The molecule has 1 aromatic rings. The molecule has 10 nitrogen and oxygen atoms in total. The lowest BCUT2D eigenvalue weighted by molar-refractivity contribution is -0.384. The average molecular weight is 407 g/mol. The van der Waals surface area contributed by atoms with Crippen LogP contribution in [0.25, 0.3) is 0 Å². The Morgan fingerprint density at radius 3 is 2.68 bits per heavy atom. The molecule has 2 saturated heterocycles. The van der Waals surface area contributed by atoms with Crippen LogP contribution in [0.5, 0.6) is 0 Å². The number of esters is 2. The first-order chi connectivity index (χ1) is 13.3. The lowest BCUT2D eigenvalue weighted by atomic mass is 9.99. The standard InChI is InChI=1S/C17H17N3O7S/c1-9(21)26-7-11-8-28-16-13(18)15(22)19(16)14(11)17(23)27-6-10-2-4-12(5-3-10)20(24)25/h2-5,7,13-14,16H,6,8,18H2,1H3/b11-7-/t13?,14?,16-/m1/s1. The highest BCUT2D eigenvalue weighted by Gasteiger charge is 2.55. The second kappa shape index (κ2) is 7.98. The maximum absolute atomic E-state index is 12.7. The summed E-state index contributed by atoms with van der Waals surface area (Å²) in [5.41, 5.74) is 6.69. The molecule has 2 fully saturated rings. The van der Waals surface area contributed by atoms with Gasteiger partial charge in [-0.05, 0) is 17.7 Å². The number of hydrogen-bond acceptors (Lipinski definition) is 9. The van der Waals surface area contributed by atoms with E-state index in [0.717, 1.165) is 0 Å². The lowest BCUT2D eigenvalue weighted by Crippen LogP contribution is -2.73. The van der Waals surface area contributed by atoms with Gasteiger partial charge in [-0.1, -0.05) is 0 Å². The van der Waals surface area contributed by atoms with Gasteiger partial charge in [0.2, 0.25) is 5.91 Å². The van der Waals surface area contributed by atoms with Gasteiger partial charge in [0, 0.05) is 30.4 Å². The molecule has 3 rings (SSSR count). The number of nitro benzene ring substituents is 1. The van der Waals surface area contributed by atoms with E-state index in [1.165, 1.54) is 54.1 Å². The van der Waals surface area contributed by atoms with E-state index >= 15 is 0 Å². The normalized spacial score (nSPS) is 24.9. The number of hydrogen-bond donors (Lipinski definition) is 1. The number of benzene rings is 1. The van der Waals surface area contributed by atoms with Gasteiger partial charge in [0.15, 0.2) is 6.04 Å². The fraction of sp³-hybridized carbons (Fsp3) is 0.353. The molecule has 2 unspecified atom stereocenters. The van der Waals surface area contributed by atoms with E-state index in [4.69, 9.17) is 15.2 Å². The Kier molecular flexibility index (Phi) is 5.66. The van der Waals surface area contributed by atoms with Gasteiger partial charge in [0.05, 0.1) is 11.2 Å². The summed E-state index contributed by atoms with van der Waals surface area (Å²) in [6, 6.07) is 3.85. The predicted molar refractivity (Wildman–Crippen MR) is 97.6 cm³/mol. The van der Waals surface area contributed by atoms with Crippen LogP contribution in [0.3, 0.4) is 0 Å². The van der Waals surface area contributed by atoms with Crippen LogP contribution in [0, 0.1) is 10.1 Å². The smallest absolute Gasteiger partial charge is 0.333 e. The number of non-ortho nitro benzene ring substituents is 1. The third-order valence-electron chi connectivity index (χ3n) is 4.30. The molecule has 0 bridgehead atoms. The number of nitro groups is 1. The van der Waals surface area contributed by atoms with Crippen molar-refractivity contribution in [2.24, 2.45) is 5.73 Å². The number of amides is 1. The number of rotatable bonds is 5. The number of carbonyl (C=O) groups is 3. The molecule has 1 amide bonds. The SMILES string of the molecule is CC(=O)O/C=C1/CS[C@@H]2C(N)C(=O)N2C1C(=O)OCc1ccc([N+](=O)[O-])cc1. The number of nitrogens with zero attached hydrogens (tertiary/aromatic N) is 2. The summed E-state index contributed by atoms with van der Waals surface area (Å²) in [5.74, 6) is -1.28. The van der Waals surface area contributed by atoms with Crippen molar-refractivity contribution in [3.63, 3.8) is 0 Å². The van der Waals surface area contributed by atoms with E-state index in [9.17, 15) is 24.5 Å². The molecule has 2 N–H and O–H groups in total. The van der Waals surface area contributed by atoms with Gasteiger partial charge in [-0.25, -0.2) is 4.79 Å². The highest BCUT2D eigenvalue weighted by Crippen LogP contribution is 2.40. The van der Waals surface area contributed by atoms with Crippen LogP contribution in [-0.2, 0) is 30.5 Å². The Morgan fingerprint density at radius 1 is 1.39 bits per heavy atom. The van der Waals surface area contributed by atoms with Crippen molar-refractivity contribution < 1.29 is 28.8 Å². The van der Waals surface area contributed by atoms with Gasteiger partial charge in [-0.2, -0.15) is 0 Å². The quantitative estimate of drug-likeness (QED) is 0.245. The fourth-order valence-corrected chi connectivity index (χ4v) is 4.18. The van der Waals surface area contributed by atoms with E-state index in [0.29, 0.717) is 16.9 Å². The van der Waals surface area contributed by atoms with Crippen molar-refractivity contribution in [1.82, 2.24) is 4.90 Å². The Bertz CT molecular complexity index is 855. The molecule has 0 saturated carbocycles. The molecule has 3 atom stereocenters. The van der Waals surface area contributed by atoms with E-state index in [1.807, 2.05) is 0 Å². The second-order valence-electron chi connectivity index (χ2n) is 6.21. The average Bonchev–Trinajstić information content (AvgIpc) is 2.69. The van der Waals surface area contributed by atoms with Crippen LogP contribution in [0.2, 0.25) is 0 Å². The van der Waals surface area contributed by atoms with Crippen LogP contribution in [-0.4, -0.2) is 50.9 Å². The Morgan fingerprint density at radius 2 is 2.07 bits per heavy atom. The summed E-state index contributed by atoms with van der Waals surface area (Å²) in [6.45, 7) is 1.10. The van der Waals surface area contributed by atoms with E-state index in [2.05, 4.69) is 0 Å². The predicted octanol–water partition coefficient (Wildman–Crippen LogP) is 0.696. The van der Waals surface area contributed by atoms with Crippen LogP contribution in [0.1, 0.15) is 12.5 Å². The molecule has 11 heteroatoms. The zero-order valence-electron chi connectivity index (χ0n) is 14.8. The van der Waals surface area contributed by atoms with E-state index in [-0.39, 0.29) is 23.6 Å². The van der Waals surface area contributed by atoms with E-state index < -0.39 is 28.9 Å².